The van der Waals surface area contributed by atoms with Crippen LogP contribution >= 0.6 is 0 Å². The zero-order valence-electron chi connectivity index (χ0n) is 43.3. The summed E-state index contributed by atoms with van der Waals surface area (Å²) in [7, 11) is -19.1. The van der Waals surface area contributed by atoms with Gasteiger partial charge < -0.3 is 49.3 Å². The third-order valence-electron chi connectivity index (χ3n) is 7.89. The van der Waals surface area contributed by atoms with Crippen molar-refractivity contribution in [2.24, 2.45) is 0 Å². The van der Waals surface area contributed by atoms with Crippen molar-refractivity contribution in [2.75, 3.05) is 19.8 Å². The Kier molecular flexibility index (Phi) is 21.7. The summed E-state index contributed by atoms with van der Waals surface area (Å²) >= 11 is 0. The first-order valence-electron chi connectivity index (χ1n) is 22.1. The first kappa shape index (κ1) is 58.5. The second-order valence-corrected chi connectivity index (χ2v) is 65.5. The Morgan fingerprint density at radius 1 is 0.356 bits per heavy atom. The average Bonchev–Trinajstić information content (AvgIpc) is 2.92. The highest BCUT2D eigenvalue weighted by molar-refractivity contribution is 6.72. The van der Waals surface area contributed by atoms with Gasteiger partial charge in [-0.3, -0.25) is 0 Å². The molecule has 0 amide bonds. The van der Waals surface area contributed by atoms with Crippen LogP contribution < -0.4 is 0 Å². The van der Waals surface area contributed by atoms with E-state index in [1.54, 1.807) is 0 Å². The Morgan fingerprint density at radius 3 is 1.03 bits per heavy atom. The second kappa shape index (κ2) is 21.9. The molecule has 1 rings (SSSR count). The van der Waals surface area contributed by atoms with Crippen LogP contribution in [0.5, 0.6) is 0 Å². The lowest BCUT2D eigenvalue weighted by Gasteiger charge is -2.51. The van der Waals surface area contributed by atoms with Crippen molar-refractivity contribution in [3.8, 4) is 0 Å². The molecule has 0 aromatic carbocycles. The van der Waals surface area contributed by atoms with Gasteiger partial charge in [-0.1, -0.05) is 0 Å². The minimum absolute atomic E-state index is 0.191. The molecule has 59 heavy (non-hydrogen) atoms. The lowest BCUT2D eigenvalue weighted by Crippen LogP contribution is -2.67. The van der Waals surface area contributed by atoms with Crippen LogP contribution in [0.15, 0.2) is 0 Å². The van der Waals surface area contributed by atoms with E-state index in [1.165, 1.54) is 0 Å². The van der Waals surface area contributed by atoms with Crippen molar-refractivity contribution in [2.45, 2.75) is 232 Å². The standard InChI is InChI=1S/C39H96O11Si9/c1-51(2,3)41-29-31-34(46-55(13,14)15)37(49-58(22,23)24)38(50-59(25,26)27)39(43-31)40-28-32(44-53(7,8)9)35(47-56(16,17)18)36(48-57(19,20)21)33(45-54(10,11)12)30-42-52(4,5)6/h31-39H,28-30H2,1-27H3/t31-,32-,33+,34+,35-,36-,37+,38-,39+/m0/s1. The van der Waals surface area contributed by atoms with Gasteiger partial charge in [-0.25, -0.2) is 0 Å². The van der Waals surface area contributed by atoms with Crippen molar-refractivity contribution in [3.63, 3.8) is 0 Å². The van der Waals surface area contributed by atoms with E-state index in [1.807, 2.05) is 0 Å². The molecule has 354 valence electrons. The van der Waals surface area contributed by atoms with Gasteiger partial charge in [-0.2, -0.15) is 0 Å². The quantitative estimate of drug-likeness (QED) is 0.0774. The van der Waals surface area contributed by atoms with Crippen LogP contribution in [0.4, 0.5) is 0 Å². The number of hydrogen-bond acceptors (Lipinski definition) is 11. The fraction of sp³-hybridized carbons (Fsp3) is 1.00. The molecular formula is C39H96O11Si9. The topological polar surface area (TPSA) is 102 Å². The second-order valence-electron chi connectivity index (χ2n) is 25.2. The van der Waals surface area contributed by atoms with E-state index >= 15 is 0 Å². The maximum Gasteiger partial charge on any atom is 0.185 e. The minimum atomic E-state index is -2.24. The van der Waals surface area contributed by atoms with Gasteiger partial charge in [0.25, 0.3) is 0 Å². The Bertz CT molecular complexity index is 1240. The van der Waals surface area contributed by atoms with Gasteiger partial charge in [0.1, 0.15) is 24.4 Å². The van der Waals surface area contributed by atoms with Gasteiger partial charge in [-0.15, -0.1) is 0 Å². The first-order chi connectivity index (χ1) is 25.8. The van der Waals surface area contributed by atoms with Gasteiger partial charge in [0.05, 0.1) is 44.2 Å². The Morgan fingerprint density at radius 2 is 0.695 bits per heavy atom. The summed E-state index contributed by atoms with van der Waals surface area (Å²) in [4.78, 5) is 0. The maximum absolute atomic E-state index is 7.31. The summed E-state index contributed by atoms with van der Waals surface area (Å²) in [5.74, 6) is 0. The number of hydrogen-bond donors (Lipinski definition) is 0. The van der Waals surface area contributed by atoms with E-state index < -0.39 is 118 Å². The fourth-order valence-electron chi connectivity index (χ4n) is 6.45. The SMILES string of the molecule is C[Si](C)(C)OC[C@@H]1O[C@@H](OC[C@H](O[Si](C)(C)C)[C@H](O[Si](C)(C)C)[C@@H](O[Si](C)(C)C)[C@@H](CO[Si](C)(C)C)O[Si](C)(C)C)[C@@H](O[Si](C)(C)C)[C@H](O[Si](C)(C)C)[C@@H]1O[Si](C)(C)C. The molecule has 0 saturated carbocycles. The molecular weight excluding hydrogens is 897 g/mol. The summed E-state index contributed by atoms with van der Waals surface area (Å²) < 4.78 is 77.7. The highest BCUT2D eigenvalue weighted by atomic mass is 28.4. The summed E-state index contributed by atoms with van der Waals surface area (Å²) in [6, 6.07) is 0. The van der Waals surface area contributed by atoms with Gasteiger partial charge in [0.2, 0.25) is 0 Å². The fourth-order valence-corrected chi connectivity index (χ4v) is 15.5. The zero-order chi connectivity index (χ0) is 46.6. The zero-order valence-corrected chi connectivity index (χ0v) is 52.3. The van der Waals surface area contributed by atoms with E-state index in [4.69, 9.17) is 49.3 Å². The van der Waals surface area contributed by atoms with Crippen LogP contribution in [0.3, 0.4) is 0 Å². The molecule has 0 N–H and O–H groups in total. The Hall–Kier alpha value is 1.51. The normalized spacial score (nSPS) is 24.6. The van der Waals surface area contributed by atoms with E-state index in [2.05, 4.69) is 177 Å². The largest absolute Gasteiger partial charge is 0.415 e. The highest BCUT2D eigenvalue weighted by Crippen LogP contribution is 2.36. The van der Waals surface area contributed by atoms with Crippen molar-refractivity contribution in [1.82, 2.24) is 0 Å². The van der Waals surface area contributed by atoms with Crippen molar-refractivity contribution < 1.29 is 49.3 Å². The van der Waals surface area contributed by atoms with Crippen LogP contribution in [0.25, 0.3) is 0 Å². The van der Waals surface area contributed by atoms with Crippen molar-refractivity contribution in [1.29, 1.82) is 0 Å². The molecule has 0 aromatic heterocycles. The smallest absolute Gasteiger partial charge is 0.185 e. The third-order valence-corrected chi connectivity index (χ3v) is 16.9. The van der Waals surface area contributed by atoms with Gasteiger partial charge >= 0.3 is 0 Å². The minimum Gasteiger partial charge on any atom is -0.415 e. The lowest BCUT2D eigenvalue weighted by atomic mass is 9.99. The monoisotopic (exact) mass is 992 g/mol. The predicted molar refractivity (Wildman–Crippen MR) is 271 cm³/mol. The molecule has 0 unspecified atom stereocenters. The van der Waals surface area contributed by atoms with Crippen molar-refractivity contribution >= 4 is 74.9 Å². The molecule has 1 aliphatic heterocycles. The third kappa shape index (κ3) is 26.9. The molecule has 0 aromatic rings. The molecule has 1 aliphatic rings. The number of ether oxygens (including phenoxy) is 2. The Labute approximate surface area is 373 Å². The predicted octanol–water partition coefficient (Wildman–Crippen LogP) is 11.0. The molecule has 1 saturated heterocycles. The van der Waals surface area contributed by atoms with Crippen molar-refractivity contribution in [3.05, 3.63) is 0 Å². The van der Waals surface area contributed by atoms with Gasteiger partial charge in [0.15, 0.2) is 81.1 Å². The summed E-state index contributed by atoms with van der Waals surface area (Å²) in [5.41, 5.74) is 0. The molecule has 11 nitrogen and oxygen atoms in total. The molecule has 1 heterocycles. The maximum atomic E-state index is 7.31. The van der Waals surface area contributed by atoms with Crippen LogP contribution in [-0.2, 0) is 49.3 Å². The molecule has 20 heteroatoms. The van der Waals surface area contributed by atoms with E-state index in [-0.39, 0.29) is 18.8 Å². The highest BCUT2D eigenvalue weighted by Gasteiger charge is 2.53. The molecule has 9 atom stereocenters. The molecule has 0 bridgehead atoms. The number of rotatable bonds is 26. The van der Waals surface area contributed by atoms with Gasteiger partial charge in [0, 0.05) is 0 Å². The summed E-state index contributed by atoms with van der Waals surface area (Å²) in [5, 5.41) is 0. The summed E-state index contributed by atoms with van der Waals surface area (Å²) in [6.07, 6.45) is -4.38. The van der Waals surface area contributed by atoms with Crippen LogP contribution in [0, 0.1) is 0 Å². The Balaban J connectivity index is 4.12. The molecule has 0 aliphatic carbocycles. The van der Waals surface area contributed by atoms with E-state index in [0.29, 0.717) is 13.2 Å². The van der Waals surface area contributed by atoms with E-state index in [9.17, 15) is 0 Å². The van der Waals surface area contributed by atoms with Gasteiger partial charge in [-0.05, 0) is 177 Å². The molecule has 0 spiro atoms. The summed E-state index contributed by atoms with van der Waals surface area (Å²) in [6.45, 7) is 60.9. The van der Waals surface area contributed by atoms with Crippen LogP contribution in [0.2, 0.25) is 177 Å². The molecule has 1 fully saturated rings. The molecule has 0 radical (unpaired) electrons. The van der Waals surface area contributed by atoms with E-state index in [0.717, 1.165) is 0 Å². The van der Waals surface area contributed by atoms with Crippen LogP contribution in [-0.4, -0.2) is 150 Å². The lowest BCUT2D eigenvalue weighted by molar-refractivity contribution is -0.296. The first-order valence-corrected chi connectivity index (χ1v) is 52.8. The average molecular weight is 994 g/mol. The van der Waals surface area contributed by atoms with Crippen LogP contribution in [0.1, 0.15) is 0 Å².